The SMILES string of the molecule is COc1ccc(C2Nc3ccccc3N2C(=O)c2ccc(F)cc2)cc1Cn1nnc2ccccc21. The maximum Gasteiger partial charge on any atom is 0.260 e. The van der Waals surface area contributed by atoms with Gasteiger partial charge in [0.15, 0.2) is 0 Å². The Hall–Kier alpha value is -4.72. The highest BCUT2D eigenvalue weighted by Gasteiger charge is 2.35. The minimum absolute atomic E-state index is 0.225. The Morgan fingerprint density at radius 1 is 1.00 bits per heavy atom. The van der Waals surface area contributed by atoms with Crippen LogP contribution in [0.15, 0.2) is 91.0 Å². The molecular weight excluding hydrogens is 457 g/mol. The number of hydrogen-bond acceptors (Lipinski definition) is 5. The fourth-order valence-corrected chi connectivity index (χ4v) is 4.63. The second-order valence-electron chi connectivity index (χ2n) is 8.55. The number of hydrogen-bond donors (Lipinski definition) is 1. The molecule has 6 rings (SSSR count). The zero-order valence-electron chi connectivity index (χ0n) is 19.4. The van der Waals surface area contributed by atoms with E-state index in [4.69, 9.17) is 4.74 Å². The molecule has 0 aliphatic carbocycles. The largest absolute Gasteiger partial charge is 0.496 e. The van der Waals surface area contributed by atoms with Crippen molar-refractivity contribution in [1.29, 1.82) is 0 Å². The molecule has 0 saturated carbocycles. The van der Waals surface area contributed by atoms with Gasteiger partial charge in [0, 0.05) is 11.1 Å². The van der Waals surface area contributed by atoms with E-state index >= 15 is 0 Å². The highest BCUT2D eigenvalue weighted by molar-refractivity contribution is 6.10. The standard InChI is InChI=1S/C28H22FN5O2/c1-36-26-15-12-19(16-20(26)17-33-24-8-4-3-7-23(24)31-32-33)27-30-22-6-2-5-9-25(22)34(27)28(35)18-10-13-21(29)14-11-18/h2-16,27,30H,17H2,1H3. The zero-order valence-corrected chi connectivity index (χ0v) is 19.4. The lowest BCUT2D eigenvalue weighted by molar-refractivity contribution is 0.0981. The van der Waals surface area contributed by atoms with E-state index in [1.807, 2.05) is 71.4 Å². The lowest BCUT2D eigenvalue weighted by Crippen LogP contribution is -2.34. The summed E-state index contributed by atoms with van der Waals surface area (Å²) in [6.07, 6.45) is -0.461. The number of nitrogens with one attached hydrogen (secondary N) is 1. The van der Waals surface area contributed by atoms with Crippen molar-refractivity contribution in [3.63, 3.8) is 0 Å². The Morgan fingerprint density at radius 3 is 2.61 bits per heavy atom. The minimum Gasteiger partial charge on any atom is -0.496 e. The van der Waals surface area contributed by atoms with Gasteiger partial charge >= 0.3 is 0 Å². The Morgan fingerprint density at radius 2 is 1.78 bits per heavy atom. The third-order valence-corrected chi connectivity index (χ3v) is 6.38. The number of carbonyl (C=O) groups excluding carboxylic acids is 1. The quantitative estimate of drug-likeness (QED) is 0.366. The van der Waals surface area contributed by atoms with E-state index in [1.54, 1.807) is 12.0 Å². The average molecular weight is 480 g/mol. The van der Waals surface area contributed by atoms with Crippen LogP contribution in [-0.4, -0.2) is 28.0 Å². The summed E-state index contributed by atoms with van der Waals surface area (Å²) in [6.45, 7) is 0.448. The van der Waals surface area contributed by atoms with Gasteiger partial charge < -0.3 is 10.1 Å². The zero-order chi connectivity index (χ0) is 24.6. The van der Waals surface area contributed by atoms with E-state index in [9.17, 15) is 9.18 Å². The lowest BCUT2D eigenvalue weighted by Gasteiger charge is -2.26. The third kappa shape index (κ3) is 3.73. The second kappa shape index (κ2) is 8.81. The van der Waals surface area contributed by atoms with Gasteiger partial charge in [0.2, 0.25) is 0 Å². The predicted octanol–water partition coefficient (Wildman–Crippen LogP) is 5.40. The molecule has 178 valence electrons. The van der Waals surface area contributed by atoms with Crippen LogP contribution < -0.4 is 15.0 Å². The van der Waals surface area contributed by atoms with E-state index in [0.717, 1.165) is 33.5 Å². The summed E-state index contributed by atoms with van der Waals surface area (Å²) in [7, 11) is 1.63. The van der Waals surface area contributed by atoms with Gasteiger partial charge in [-0.2, -0.15) is 0 Å². The van der Waals surface area contributed by atoms with Crippen LogP contribution in [0, 0.1) is 5.82 Å². The Bertz CT molecular complexity index is 1580. The van der Waals surface area contributed by atoms with Gasteiger partial charge in [-0.15, -0.1) is 5.10 Å². The molecule has 0 radical (unpaired) electrons. The number of carbonyl (C=O) groups is 1. The topological polar surface area (TPSA) is 72.3 Å². The molecule has 1 unspecified atom stereocenters. The van der Waals surface area contributed by atoms with Crippen molar-refractivity contribution in [3.8, 4) is 5.75 Å². The van der Waals surface area contributed by atoms with Crippen molar-refractivity contribution in [1.82, 2.24) is 15.0 Å². The van der Waals surface area contributed by atoms with Crippen LogP contribution in [-0.2, 0) is 6.54 Å². The fraction of sp³-hybridized carbons (Fsp3) is 0.107. The van der Waals surface area contributed by atoms with E-state index < -0.39 is 6.17 Å². The number of methoxy groups -OCH3 is 1. The Balaban J connectivity index is 1.40. The second-order valence-corrected chi connectivity index (χ2v) is 8.55. The van der Waals surface area contributed by atoms with E-state index in [-0.39, 0.29) is 11.7 Å². The monoisotopic (exact) mass is 479 g/mol. The van der Waals surface area contributed by atoms with Crippen LogP contribution in [0.5, 0.6) is 5.75 Å². The van der Waals surface area contributed by atoms with Gasteiger partial charge in [-0.1, -0.05) is 35.5 Å². The molecule has 0 fully saturated rings. The number of halogens is 1. The molecule has 1 atom stereocenters. The van der Waals surface area contributed by atoms with Crippen LogP contribution in [0.2, 0.25) is 0 Å². The Kier molecular flexibility index (Phi) is 5.33. The molecule has 1 aliphatic heterocycles. The molecule has 8 heteroatoms. The smallest absolute Gasteiger partial charge is 0.260 e. The molecule has 1 N–H and O–H groups in total. The minimum atomic E-state index is -0.461. The summed E-state index contributed by atoms with van der Waals surface area (Å²) in [6, 6.07) is 26.9. The third-order valence-electron chi connectivity index (χ3n) is 6.38. The lowest BCUT2D eigenvalue weighted by atomic mass is 10.1. The molecule has 2 heterocycles. The highest BCUT2D eigenvalue weighted by Crippen LogP contribution is 2.42. The van der Waals surface area contributed by atoms with Crippen LogP contribution in [0.1, 0.15) is 27.7 Å². The van der Waals surface area contributed by atoms with Crippen molar-refractivity contribution in [2.45, 2.75) is 12.7 Å². The fourth-order valence-electron chi connectivity index (χ4n) is 4.63. The molecule has 0 bridgehead atoms. The average Bonchev–Trinajstić information content (AvgIpc) is 3.50. The van der Waals surface area contributed by atoms with Gasteiger partial charge in [-0.25, -0.2) is 9.07 Å². The molecule has 0 saturated heterocycles. The summed E-state index contributed by atoms with van der Waals surface area (Å²) in [5.74, 6) is 0.103. The number of benzene rings is 4. The van der Waals surface area contributed by atoms with E-state index in [1.165, 1.54) is 24.3 Å². The summed E-state index contributed by atoms with van der Waals surface area (Å²) in [5, 5.41) is 12.0. The molecule has 4 aromatic carbocycles. The summed E-state index contributed by atoms with van der Waals surface area (Å²) in [5.41, 5.74) is 5.53. The van der Waals surface area contributed by atoms with Crippen LogP contribution in [0.3, 0.4) is 0 Å². The molecule has 1 amide bonds. The first-order chi connectivity index (χ1) is 17.6. The summed E-state index contributed by atoms with van der Waals surface area (Å²) >= 11 is 0. The number of rotatable bonds is 5. The number of para-hydroxylation sites is 3. The molecule has 36 heavy (non-hydrogen) atoms. The van der Waals surface area contributed by atoms with Gasteiger partial charge in [0.05, 0.1) is 30.5 Å². The molecule has 1 aliphatic rings. The normalized spacial score (nSPS) is 14.5. The van der Waals surface area contributed by atoms with E-state index in [2.05, 4.69) is 15.6 Å². The predicted molar refractivity (Wildman–Crippen MR) is 136 cm³/mol. The van der Waals surface area contributed by atoms with Crippen molar-refractivity contribution < 1.29 is 13.9 Å². The van der Waals surface area contributed by atoms with Crippen molar-refractivity contribution in [3.05, 3.63) is 114 Å². The van der Waals surface area contributed by atoms with Crippen molar-refractivity contribution in [2.24, 2.45) is 0 Å². The number of fused-ring (bicyclic) bond motifs is 2. The summed E-state index contributed by atoms with van der Waals surface area (Å²) in [4.78, 5) is 15.3. The number of anilines is 2. The summed E-state index contributed by atoms with van der Waals surface area (Å²) < 4.78 is 21.0. The first-order valence-corrected chi connectivity index (χ1v) is 11.5. The van der Waals surface area contributed by atoms with Gasteiger partial charge in [-0.05, 0) is 66.2 Å². The highest BCUT2D eigenvalue weighted by atomic mass is 19.1. The molecule has 0 spiro atoms. The maximum atomic E-state index is 13.6. The number of aromatic nitrogens is 3. The van der Waals surface area contributed by atoms with Gasteiger partial charge in [0.25, 0.3) is 5.91 Å². The van der Waals surface area contributed by atoms with Crippen LogP contribution >= 0.6 is 0 Å². The number of ether oxygens (including phenoxy) is 1. The van der Waals surface area contributed by atoms with Crippen LogP contribution in [0.25, 0.3) is 11.0 Å². The maximum absolute atomic E-state index is 13.6. The van der Waals surface area contributed by atoms with Gasteiger partial charge in [-0.3, -0.25) is 9.69 Å². The number of nitrogens with zero attached hydrogens (tertiary/aromatic N) is 4. The van der Waals surface area contributed by atoms with Crippen molar-refractivity contribution >= 4 is 28.3 Å². The molecular formula is C28H22FN5O2. The molecule has 1 aromatic heterocycles. The molecule has 5 aromatic rings. The van der Waals surface area contributed by atoms with E-state index in [0.29, 0.717) is 17.9 Å². The van der Waals surface area contributed by atoms with Crippen LogP contribution in [0.4, 0.5) is 15.8 Å². The first-order valence-electron chi connectivity index (χ1n) is 11.5. The van der Waals surface area contributed by atoms with Gasteiger partial charge in [0.1, 0.15) is 23.2 Å². The Labute approximate surface area is 206 Å². The number of amides is 1. The molecule has 7 nitrogen and oxygen atoms in total. The van der Waals surface area contributed by atoms with Crippen molar-refractivity contribution in [2.75, 3.05) is 17.3 Å². The first kappa shape index (κ1) is 21.8.